The summed E-state index contributed by atoms with van der Waals surface area (Å²) in [5, 5.41) is 6.67. The average molecular weight is 458 g/mol. The molecule has 0 radical (unpaired) electrons. The van der Waals surface area contributed by atoms with Gasteiger partial charge in [-0.05, 0) is 51.3 Å². The first-order valence-electron chi connectivity index (χ1n) is 11.0. The number of nitrogens with zero attached hydrogens (tertiary/aromatic N) is 3. The van der Waals surface area contributed by atoms with Gasteiger partial charge in [0, 0.05) is 21.9 Å². The Balaban J connectivity index is 1.53. The largest absolute Gasteiger partial charge is 0.456 e. The van der Waals surface area contributed by atoms with Gasteiger partial charge in [0.05, 0.1) is 0 Å². The molecule has 2 aromatic heterocycles. The molecular weight excluding hydrogens is 442 g/mol. The lowest BCUT2D eigenvalue weighted by Gasteiger charge is -2.11. The second-order valence-corrected chi connectivity index (χ2v) is 8.56. The Morgan fingerprint density at radius 2 is 1.18 bits per heavy atom. The summed E-state index contributed by atoms with van der Waals surface area (Å²) in [7, 11) is 0. The molecule has 2 heterocycles. The number of para-hydroxylation sites is 1. The second-order valence-electron chi connectivity index (χ2n) is 8.22. The number of rotatable bonds is 2. The molecule has 0 unspecified atom stereocenters. The highest BCUT2D eigenvalue weighted by Gasteiger charge is 2.17. The second kappa shape index (κ2) is 7.37. The van der Waals surface area contributed by atoms with Crippen LogP contribution in [0.15, 0.2) is 101 Å². The lowest BCUT2D eigenvalue weighted by atomic mass is 9.97. The monoisotopic (exact) mass is 457 g/mol. The van der Waals surface area contributed by atoms with E-state index in [1.54, 1.807) is 0 Å². The van der Waals surface area contributed by atoms with Crippen LogP contribution in [0.25, 0.3) is 66.3 Å². The Kier molecular flexibility index (Phi) is 4.16. The van der Waals surface area contributed by atoms with Crippen LogP contribution in [0.3, 0.4) is 0 Å². The summed E-state index contributed by atoms with van der Waals surface area (Å²) in [6, 6.07) is 32.7. The van der Waals surface area contributed by atoms with Crippen LogP contribution in [0.5, 0.6) is 0 Å². The molecule has 0 saturated carbocycles. The van der Waals surface area contributed by atoms with Gasteiger partial charge in [-0.2, -0.15) is 9.97 Å². The topological polar surface area (TPSA) is 51.8 Å². The molecule has 0 atom stereocenters. The maximum atomic E-state index is 6.48. The van der Waals surface area contributed by atoms with Crippen molar-refractivity contribution in [3.8, 4) is 22.8 Å². The van der Waals surface area contributed by atoms with Gasteiger partial charge < -0.3 is 4.42 Å². The van der Waals surface area contributed by atoms with Gasteiger partial charge >= 0.3 is 0 Å². The fourth-order valence-corrected chi connectivity index (χ4v) is 4.95. The molecule has 0 N–H and O–H groups in total. The van der Waals surface area contributed by atoms with E-state index in [9.17, 15) is 0 Å². The molecule has 0 amide bonds. The van der Waals surface area contributed by atoms with Crippen molar-refractivity contribution in [2.24, 2.45) is 0 Å². The van der Waals surface area contributed by atoms with Crippen molar-refractivity contribution in [1.29, 1.82) is 0 Å². The zero-order valence-corrected chi connectivity index (χ0v) is 18.6. The summed E-state index contributed by atoms with van der Waals surface area (Å²) in [5.74, 6) is 1.06. The fraction of sp³-hybridized carbons (Fsp3) is 0. The Bertz CT molecular complexity index is 1890. The summed E-state index contributed by atoms with van der Waals surface area (Å²) in [6.07, 6.45) is 0. The SMILES string of the molecule is Clc1nc(-c2cc3ccccc3c3ccccc23)nc(-c2cccc3oc4ccccc4c23)n1. The number of hydrogen-bond acceptors (Lipinski definition) is 4. The first-order valence-corrected chi connectivity index (χ1v) is 11.4. The van der Waals surface area contributed by atoms with Crippen LogP contribution in [0.2, 0.25) is 5.28 Å². The number of furan rings is 1. The third-order valence-electron chi connectivity index (χ3n) is 6.26. The molecular formula is C29H16ClN3O. The van der Waals surface area contributed by atoms with Gasteiger partial charge in [0.1, 0.15) is 11.2 Å². The number of aromatic nitrogens is 3. The van der Waals surface area contributed by atoms with E-state index >= 15 is 0 Å². The molecule has 0 aliphatic carbocycles. The first kappa shape index (κ1) is 19.2. The average Bonchev–Trinajstić information content (AvgIpc) is 3.27. The summed E-state index contributed by atoms with van der Waals surface area (Å²) in [6.45, 7) is 0. The lowest BCUT2D eigenvalue weighted by Crippen LogP contribution is -1.98. The maximum absolute atomic E-state index is 6.48. The number of fused-ring (bicyclic) bond motifs is 6. The quantitative estimate of drug-likeness (QED) is 0.246. The molecule has 160 valence electrons. The third-order valence-corrected chi connectivity index (χ3v) is 6.43. The maximum Gasteiger partial charge on any atom is 0.226 e. The molecule has 5 heteroatoms. The fourth-order valence-electron chi connectivity index (χ4n) is 4.79. The summed E-state index contributed by atoms with van der Waals surface area (Å²) >= 11 is 6.48. The van der Waals surface area contributed by atoms with E-state index in [1.165, 1.54) is 5.39 Å². The molecule has 0 aliphatic rings. The minimum absolute atomic E-state index is 0.155. The van der Waals surface area contributed by atoms with Crippen molar-refractivity contribution in [2.45, 2.75) is 0 Å². The van der Waals surface area contributed by atoms with E-state index in [0.29, 0.717) is 11.6 Å². The summed E-state index contributed by atoms with van der Waals surface area (Å²) in [4.78, 5) is 14.0. The third kappa shape index (κ3) is 2.89. The van der Waals surface area contributed by atoms with Crippen LogP contribution >= 0.6 is 11.6 Å². The van der Waals surface area contributed by atoms with E-state index in [1.807, 2.05) is 54.6 Å². The Morgan fingerprint density at radius 3 is 2.03 bits per heavy atom. The zero-order valence-electron chi connectivity index (χ0n) is 17.9. The highest BCUT2D eigenvalue weighted by Crippen LogP contribution is 2.37. The smallest absolute Gasteiger partial charge is 0.226 e. The van der Waals surface area contributed by atoms with Crippen molar-refractivity contribution < 1.29 is 4.42 Å². The van der Waals surface area contributed by atoms with Crippen LogP contribution in [0.4, 0.5) is 0 Å². The van der Waals surface area contributed by atoms with Crippen molar-refractivity contribution in [1.82, 2.24) is 15.0 Å². The first-order chi connectivity index (χ1) is 16.8. The molecule has 0 fully saturated rings. The molecule has 5 aromatic carbocycles. The van der Waals surface area contributed by atoms with Crippen LogP contribution in [-0.4, -0.2) is 15.0 Å². The Hall–Kier alpha value is -4.28. The van der Waals surface area contributed by atoms with Crippen molar-refractivity contribution in [3.05, 3.63) is 102 Å². The molecule has 0 spiro atoms. The van der Waals surface area contributed by atoms with Gasteiger partial charge in [-0.15, -0.1) is 0 Å². The minimum atomic E-state index is 0.155. The highest BCUT2D eigenvalue weighted by atomic mass is 35.5. The van der Waals surface area contributed by atoms with Gasteiger partial charge in [0.2, 0.25) is 5.28 Å². The van der Waals surface area contributed by atoms with Crippen molar-refractivity contribution >= 4 is 55.1 Å². The molecule has 34 heavy (non-hydrogen) atoms. The standard InChI is InChI=1S/C29H16ClN3O/c30-29-32-27(22-13-7-15-25-26(22)21-12-5-6-14-24(21)34-25)31-28(33-29)23-16-17-8-1-2-9-18(17)19-10-3-4-11-20(19)23/h1-16H. The van der Waals surface area contributed by atoms with Gasteiger partial charge in [0.15, 0.2) is 11.6 Å². The van der Waals surface area contributed by atoms with E-state index in [-0.39, 0.29) is 5.28 Å². The highest BCUT2D eigenvalue weighted by molar-refractivity contribution is 6.28. The lowest BCUT2D eigenvalue weighted by molar-refractivity contribution is 0.669. The number of hydrogen-bond donors (Lipinski definition) is 0. The van der Waals surface area contributed by atoms with Crippen LogP contribution in [0.1, 0.15) is 0 Å². The molecule has 7 aromatic rings. The Morgan fingerprint density at radius 1 is 0.529 bits per heavy atom. The predicted molar refractivity (Wildman–Crippen MR) is 138 cm³/mol. The molecule has 7 rings (SSSR count). The number of halogens is 1. The van der Waals surface area contributed by atoms with Crippen LogP contribution < -0.4 is 0 Å². The molecule has 0 aliphatic heterocycles. The van der Waals surface area contributed by atoms with E-state index < -0.39 is 0 Å². The zero-order chi connectivity index (χ0) is 22.6. The van der Waals surface area contributed by atoms with Crippen molar-refractivity contribution in [3.63, 3.8) is 0 Å². The summed E-state index contributed by atoms with van der Waals surface area (Å²) < 4.78 is 6.06. The van der Waals surface area contributed by atoms with Gasteiger partial charge in [-0.1, -0.05) is 78.9 Å². The Labute approximate surface area is 199 Å². The minimum Gasteiger partial charge on any atom is -0.456 e. The van der Waals surface area contributed by atoms with E-state index in [2.05, 4.69) is 52.4 Å². The molecule has 0 bridgehead atoms. The van der Waals surface area contributed by atoms with Crippen molar-refractivity contribution in [2.75, 3.05) is 0 Å². The van der Waals surface area contributed by atoms with Gasteiger partial charge in [0.25, 0.3) is 0 Å². The van der Waals surface area contributed by atoms with Gasteiger partial charge in [-0.25, -0.2) is 4.98 Å². The van der Waals surface area contributed by atoms with E-state index in [0.717, 1.165) is 49.2 Å². The normalized spacial score (nSPS) is 11.7. The number of benzene rings is 5. The predicted octanol–water partition coefficient (Wildman–Crippen LogP) is 8.06. The van der Waals surface area contributed by atoms with Gasteiger partial charge in [-0.3, -0.25) is 0 Å². The molecule has 0 saturated heterocycles. The summed E-state index contributed by atoms with van der Waals surface area (Å²) in [5.41, 5.74) is 3.39. The van der Waals surface area contributed by atoms with E-state index in [4.69, 9.17) is 21.0 Å². The van der Waals surface area contributed by atoms with Crippen LogP contribution in [-0.2, 0) is 0 Å². The molecule has 4 nitrogen and oxygen atoms in total. The van der Waals surface area contributed by atoms with Crippen LogP contribution in [0, 0.1) is 0 Å².